The highest BCUT2D eigenvalue weighted by Gasteiger charge is 2.49. The minimum absolute atomic E-state index is 0.215. The standard InChI is InChI=1S/C11H9F4NO3/c12-7-2-1-6(5-8(7)18-11(13,14)15)10(3-4-10)19-9(16)17/h1-2,5H,3-4H2,(H2,16,17). The fourth-order valence-corrected chi connectivity index (χ4v) is 1.75. The van der Waals surface area contributed by atoms with Gasteiger partial charge in [-0.1, -0.05) is 6.07 Å². The summed E-state index contributed by atoms with van der Waals surface area (Å²) in [4.78, 5) is 10.7. The number of hydrogen-bond acceptors (Lipinski definition) is 3. The van der Waals surface area contributed by atoms with Crippen LogP contribution in [0.1, 0.15) is 18.4 Å². The summed E-state index contributed by atoms with van der Waals surface area (Å²) < 4.78 is 57.9. The summed E-state index contributed by atoms with van der Waals surface area (Å²) in [7, 11) is 0. The van der Waals surface area contributed by atoms with Gasteiger partial charge in [0.05, 0.1) is 0 Å². The molecule has 1 aliphatic rings. The molecule has 0 atom stereocenters. The van der Waals surface area contributed by atoms with Crippen LogP contribution in [-0.4, -0.2) is 12.5 Å². The van der Waals surface area contributed by atoms with Gasteiger partial charge in [0.15, 0.2) is 11.6 Å². The number of primary amides is 1. The van der Waals surface area contributed by atoms with Crippen LogP contribution in [-0.2, 0) is 10.3 Å². The molecule has 0 heterocycles. The lowest BCUT2D eigenvalue weighted by molar-refractivity contribution is -0.275. The molecule has 1 amide bonds. The molecule has 1 saturated carbocycles. The van der Waals surface area contributed by atoms with Crippen molar-refractivity contribution in [2.24, 2.45) is 5.73 Å². The Morgan fingerprint density at radius 1 is 1.32 bits per heavy atom. The summed E-state index contributed by atoms with van der Waals surface area (Å²) in [6, 6.07) is 2.91. The fraction of sp³-hybridized carbons (Fsp3) is 0.364. The third-order valence-electron chi connectivity index (χ3n) is 2.68. The predicted octanol–water partition coefficient (Wildman–Crippen LogP) is 2.81. The molecule has 0 unspecified atom stereocenters. The van der Waals surface area contributed by atoms with Crippen LogP contribution >= 0.6 is 0 Å². The summed E-state index contributed by atoms with van der Waals surface area (Å²) >= 11 is 0. The van der Waals surface area contributed by atoms with E-state index in [9.17, 15) is 22.4 Å². The van der Waals surface area contributed by atoms with E-state index in [1.165, 1.54) is 6.07 Å². The number of carbonyl (C=O) groups excluding carboxylic acids is 1. The van der Waals surface area contributed by atoms with Crippen molar-refractivity contribution in [2.45, 2.75) is 24.8 Å². The monoisotopic (exact) mass is 279 g/mol. The molecule has 0 bridgehead atoms. The number of benzene rings is 1. The van der Waals surface area contributed by atoms with Crippen molar-refractivity contribution in [3.8, 4) is 5.75 Å². The van der Waals surface area contributed by atoms with Gasteiger partial charge in [-0.3, -0.25) is 0 Å². The second-order valence-corrected chi connectivity index (χ2v) is 4.11. The molecule has 0 aliphatic heterocycles. The van der Waals surface area contributed by atoms with Crippen molar-refractivity contribution in [1.29, 1.82) is 0 Å². The van der Waals surface area contributed by atoms with Crippen molar-refractivity contribution < 1.29 is 31.8 Å². The zero-order valence-electron chi connectivity index (χ0n) is 9.46. The molecular weight excluding hydrogens is 270 g/mol. The number of rotatable bonds is 3. The Labute approximate surface area is 105 Å². The molecule has 0 saturated heterocycles. The molecule has 1 aromatic carbocycles. The first kappa shape index (κ1) is 13.4. The summed E-state index contributed by atoms with van der Waals surface area (Å²) in [6.45, 7) is 0. The normalized spacial score (nSPS) is 16.8. The van der Waals surface area contributed by atoms with Crippen LogP contribution in [0, 0.1) is 5.82 Å². The summed E-state index contributed by atoms with van der Waals surface area (Å²) in [5.41, 5.74) is 4.03. The lowest BCUT2D eigenvalue weighted by atomic mass is 10.1. The Balaban J connectivity index is 2.29. The molecule has 19 heavy (non-hydrogen) atoms. The maximum atomic E-state index is 13.2. The van der Waals surface area contributed by atoms with Gasteiger partial charge in [0.1, 0.15) is 5.60 Å². The van der Waals surface area contributed by atoms with Crippen molar-refractivity contribution in [2.75, 3.05) is 0 Å². The van der Waals surface area contributed by atoms with Crippen LogP contribution in [0.5, 0.6) is 5.75 Å². The topological polar surface area (TPSA) is 61.6 Å². The van der Waals surface area contributed by atoms with Gasteiger partial charge in [0.2, 0.25) is 0 Å². The smallest absolute Gasteiger partial charge is 0.438 e. The minimum atomic E-state index is -5.00. The van der Waals surface area contributed by atoms with E-state index >= 15 is 0 Å². The Morgan fingerprint density at radius 2 is 1.95 bits per heavy atom. The van der Waals surface area contributed by atoms with Crippen molar-refractivity contribution in [3.05, 3.63) is 29.6 Å². The zero-order valence-corrected chi connectivity index (χ0v) is 9.46. The number of carbonyl (C=O) groups is 1. The number of alkyl halides is 3. The van der Waals surface area contributed by atoms with Crippen molar-refractivity contribution >= 4 is 6.09 Å². The molecule has 0 spiro atoms. The molecule has 104 valence electrons. The average Bonchev–Trinajstić information content (AvgIpc) is 2.99. The lowest BCUT2D eigenvalue weighted by Crippen LogP contribution is -2.23. The summed E-state index contributed by atoms with van der Waals surface area (Å²) in [6.07, 6.45) is -5.22. The molecule has 4 nitrogen and oxygen atoms in total. The highest BCUT2D eigenvalue weighted by molar-refractivity contribution is 5.66. The molecule has 1 aliphatic carbocycles. The first-order chi connectivity index (χ1) is 8.72. The second kappa shape index (κ2) is 4.29. The third kappa shape index (κ3) is 3.07. The van der Waals surface area contributed by atoms with Crippen LogP contribution in [0.2, 0.25) is 0 Å². The summed E-state index contributed by atoms with van der Waals surface area (Å²) in [5, 5.41) is 0. The Morgan fingerprint density at radius 3 is 2.42 bits per heavy atom. The maximum Gasteiger partial charge on any atom is 0.573 e. The quantitative estimate of drug-likeness (QED) is 0.865. The number of halogens is 4. The second-order valence-electron chi connectivity index (χ2n) is 4.11. The Bertz CT molecular complexity index is 511. The Hall–Kier alpha value is -1.99. The molecule has 0 radical (unpaired) electrons. The average molecular weight is 279 g/mol. The van der Waals surface area contributed by atoms with Gasteiger partial charge in [-0.05, 0) is 30.5 Å². The van der Waals surface area contributed by atoms with Gasteiger partial charge in [-0.25, -0.2) is 9.18 Å². The van der Waals surface area contributed by atoms with E-state index in [-0.39, 0.29) is 5.56 Å². The van der Waals surface area contributed by atoms with Crippen LogP contribution in [0.25, 0.3) is 0 Å². The van der Waals surface area contributed by atoms with Crippen LogP contribution < -0.4 is 10.5 Å². The zero-order chi connectivity index (χ0) is 14.3. The van der Waals surface area contributed by atoms with E-state index in [0.717, 1.165) is 12.1 Å². The molecule has 8 heteroatoms. The van der Waals surface area contributed by atoms with Crippen LogP contribution in [0.3, 0.4) is 0 Å². The minimum Gasteiger partial charge on any atom is -0.438 e. The lowest BCUT2D eigenvalue weighted by Gasteiger charge is -2.17. The molecule has 1 aromatic rings. The molecule has 0 aromatic heterocycles. The van der Waals surface area contributed by atoms with Crippen molar-refractivity contribution in [3.63, 3.8) is 0 Å². The van der Waals surface area contributed by atoms with E-state index in [1.807, 2.05) is 0 Å². The molecule has 2 N–H and O–H groups in total. The number of nitrogens with two attached hydrogens (primary N) is 1. The fourth-order valence-electron chi connectivity index (χ4n) is 1.75. The molecular formula is C11H9F4NO3. The van der Waals surface area contributed by atoms with Gasteiger partial charge in [0, 0.05) is 0 Å². The third-order valence-corrected chi connectivity index (χ3v) is 2.68. The highest BCUT2D eigenvalue weighted by Crippen LogP contribution is 2.50. The molecule has 2 rings (SSSR count). The van der Waals surface area contributed by atoms with Crippen molar-refractivity contribution in [1.82, 2.24) is 0 Å². The number of hydrogen-bond donors (Lipinski definition) is 1. The first-order valence-corrected chi connectivity index (χ1v) is 5.26. The number of amides is 1. The molecule has 1 fully saturated rings. The largest absolute Gasteiger partial charge is 0.573 e. The van der Waals surface area contributed by atoms with Gasteiger partial charge in [-0.15, -0.1) is 13.2 Å². The first-order valence-electron chi connectivity index (χ1n) is 5.26. The van der Waals surface area contributed by atoms with Gasteiger partial charge in [0.25, 0.3) is 0 Å². The van der Waals surface area contributed by atoms with E-state index in [1.54, 1.807) is 0 Å². The van der Waals surface area contributed by atoms with E-state index < -0.39 is 29.6 Å². The number of ether oxygens (including phenoxy) is 2. The van der Waals surface area contributed by atoms with E-state index in [0.29, 0.717) is 12.8 Å². The highest BCUT2D eigenvalue weighted by atomic mass is 19.4. The van der Waals surface area contributed by atoms with E-state index in [4.69, 9.17) is 10.5 Å². The van der Waals surface area contributed by atoms with Gasteiger partial charge < -0.3 is 15.2 Å². The van der Waals surface area contributed by atoms with Crippen LogP contribution in [0.4, 0.5) is 22.4 Å². The predicted molar refractivity (Wildman–Crippen MR) is 54.7 cm³/mol. The SMILES string of the molecule is NC(=O)OC1(c2ccc(F)c(OC(F)(F)F)c2)CC1. The van der Waals surface area contributed by atoms with Gasteiger partial charge >= 0.3 is 12.5 Å². The Kier molecular flexibility index (Phi) is 3.03. The maximum absolute atomic E-state index is 13.2. The van der Waals surface area contributed by atoms with E-state index in [2.05, 4.69) is 4.74 Å². The van der Waals surface area contributed by atoms with Crippen LogP contribution in [0.15, 0.2) is 18.2 Å². The summed E-state index contributed by atoms with van der Waals surface area (Å²) in [5.74, 6) is -2.12. The van der Waals surface area contributed by atoms with Gasteiger partial charge in [-0.2, -0.15) is 0 Å².